The summed E-state index contributed by atoms with van der Waals surface area (Å²) in [6, 6.07) is 10.6. The van der Waals surface area contributed by atoms with Gasteiger partial charge in [0.2, 0.25) is 0 Å². The molecule has 0 N–H and O–H groups in total. The average Bonchev–Trinajstić information content (AvgIpc) is 2.60. The molecule has 1 saturated carbocycles. The molecule has 0 aliphatic heterocycles. The van der Waals surface area contributed by atoms with Gasteiger partial charge < -0.3 is 0 Å². The van der Waals surface area contributed by atoms with E-state index in [-0.39, 0.29) is 4.87 Å². The Balaban J connectivity index is 2.10. The highest BCUT2D eigenvalue weighted by Gasteiger charge is 2.40. The number of hydrogen-bond acceptors (Lipinski definition) is 0. The second-order valence-electron chi connectivity index (χ2n) is 4.44. The predicted octanol–water partition coefficient (Wildman–Crippen LogP) is 4.38. The Morgan fingerprint density at radius 2 is 2.00 bits per heavy atom. The summed E-state index contributed by atoms with van der Waals surface area (Å²) in [5, 5.41) is 0. The molecule has 0 bridgehead atoms. The van der Waals surface area contributed by atoms with Crippen LogP contribution in [0.25, 0.3) is 0 Å². The molecular formula is C14H18Cl. The van der Waals surface area contributed by atoms with Crippen LogP contribution in [0.1, 0.15) is 38.2 Å². The van der Waals surface area contributed by atoms with Crippen LogP contribution in [-0.2, 0) is 6.42 Å². The first-order valence-electron chi connectivity index (χ1n) is 5.82. The molecule has 1 fully saturated rings. The Hall–Kier alpha value is -0.490. The van der Waals surface area contributed by atoms with E-state index in [1.54, 1.807) is 5.92 Å². The van der Waals surface area contributed by atoms with Gasteiger partial charge in [-0.15, -0.1) is 11.6 Å². The van der Waals surface area contributed by atoms with Gasteiger partial charge in [0.15, 0.2) is 0 Å². The SMILES string of the molecule is CC[C]1CCCC1(Cl)Cc1ccccc1. The lowest BCUT2D eigenvalue weighted by Crippen LogP contribution is -2.27. The second-order valence-corrected chi connectivity index (χ2v) is 5.16. The molecule has 1 aromatic rings. The fraction of sp³-hybridized carbons (Fsp3) is 0.500. The molecule has 1 aliphatic carbocycles. The lowest BCUT2D eigenvalue weighted by molar-refractivity contribution is 0.594. The normalized spacial score (nSPS) is 27.1. The molecule has 0 saturated heterocycles. The van der Waals surface area contributed by atoms with Crippen LogP contribution in [0.2, 0.25) is 0 Å². The van der Waals surface area contributed by atoms with E-state index in [9.17, 15) is 0 Å². The van der Waals surface area contributed by atoms with E-state index in [2.05, 4.69) is 37.3 Å². The van der Waals surface area contributed by atoms with E-state index in [0.717, 1.165) is 19.3 Å². The number of alkyl halides is 1. The van der Waals surface area contributed by atoms with Crippen molar-refractivity contribution >= 4 is 11.6 Å². The van der Waals surface area contributed by atoms with Crippen LogP contribution in [0.3, 0.4) is 0 Å². The minimum absolute atomic E-state index is 0.0455. The summed E-state index contributed by atoms with van der Waals surface area (Å²) in [6.45, 7) is 2.22. The van der Waals surface area contributed by atoms with Crippen LogP contribution in [0, 0.1) is 5.92 Å². The molecule has 2 rings (SSSR count). The Bertz CT molecular complexity index is 306. The molecule has 1 aromatic carbocycles. The van der Waals surface area contributed by atoms with Gasteiger partial charge in [-0.05, 0) is 37.2 Å². The van der Waals surface area contributed by atoms with Crippen molar-refractivity contribution in [3.05, 3.63) is 41.8 Å². The maximum absolute atomic E-state index is 6.73. The van der Waals surface area contributed by atoms with Crippen LogP contribution < -0.4 is 0 Å². The van der Waals surface area contributed by atoms with Crippen molar-refractivity contribution in [3.8, 4) is 0 Å². The summed E-state index contributed by atoms with van der Waals surface area (Å²) in [5.74, 6) is 1.55. The van der Waals surface area contributed by atoms with E-state index in [0.29, 0.717) is 0 Å². The monoisotopic (exact) mass is 221 g/mol. The van der Waals surface area contributed by atoms with Crippen LogP contribution in [0.4, 0.5) is 0 Å². The summed E-state index contributed by atoms with van der Waals surface area (Å²) in [4.78, 5) is -0.0455. The minimum atomic E-state index is -0.0455. The summed E-state index contributed by atoms with van der Waals surface area (Å²) in [7, 11) is 0. The van der Waals surface area contributed by atoms with E-state index < -0.39 is 0 Å². The fourth-order valence-corrected chi connectivity index (χ4v) is 3.13. The highest BCUT2D eigenvalue weighted by Crippen LogP contribution is 2.46. The van der Waals surface area contributed by atoms with Crippen molar-refractivity contribution in [2.24, 2.45) is 0 Å². The van der Waals surface area contributed by atoms with Crippen molar-refractivity contribution in [2.45, 2.75) is 43.9 Å². The molecule has 0 heterocycles. The lowest BCUT2D eigenvalue weighted by atomic mass is 9.87. The van der Waals surface area contributed by atoms with Crippen molar-refractivity contribution in [1.29, 1.82) is 0 Å². The summed E-state index contributed by atoms with van der Waals surface area (Å²) < 4.78 is 0. The Morgan fingerprint density at radius 3 is 2.67 bits per heavy atom. The van der Waals surface area contributed by atoms with Crippen molar-refractivity contribution in [1.82, 2.24) is 0 Å². The Morgan fingerprint density at radius 1 is 1.27 bits per heavy atom. The van der Waals surface area contributed by atoms with Gasteiger partial charge in [-0.25, -0.2) is 0 Å². The van der Waals surface area contributed by atoms with Gasteiger partial charge in [-0.2, -0.15) is 0 Å². The van der Waals surface area contributed by atoms with Gasteiger partial charge in [0, 0.05) is 0 Å². The smallest absolute Gasteiger partial charge is 0.0548 e. The summed E-state index contributed by atoms with van der Waals surface area (Å²) in [5.41, 5.74) is 1.36. The first kappa shape index (κ1) is 11.0. The molecule has 0 aromatic heterocycles. The standard InChI is InChI=1S/C14H18Cl/c1-2-13-9-6-10-14(13,15)11-12-7-4-3-5-8-12/h3-5,7-8H,2,6,9-11H2,1H3. The first-order chi connectivity index (χ1) is 7.24. The molecule has 0 nitrogen and oxygen atoms in total. The van der Waals surface area contributed by atoms with E-state index in [4.69, 9.17) is 11.6 Å². The van der Waals surface area contributed by atoms with Crippen LogP contribution in [0.15, 0.2) is 30.3 Å². The highest BCUT2D eigenvalue weighted by atomic mass is 35.5. The molecule has 0 amide bonds. The van der Waals surface area contributed by atoms with Gasteiger partial charge in [0.05, 0.1) is 4.87 Å². The van der Waals surface area contributed by atoms with Crippen molar-refractivity contribution in [2.75, 3.05) is 0 Å². The third-order valence-electron chi connectivity index (χ3n) is 3.44. The molecular weight excluding hydrogens is 204 g/mol. The van der Waals surface area contributed by atoms with Gasteiger partial charge in [-0.3, -0.25) is 0 Å². The molecule has 1 aliphatic rings. The summed E-state index contributed by atoms with van der Waals surface area (Å²) in [6.07, 6.45) is 5.77. The number of hydrogen-bond donors (Lipinski definition) is 0. The molecule has 1 heteroatoms. The van der Waals surface area contributed by atoms with Crippen molar-refractivity contribution in [3.63, 3.8) is 0 Å². The van der Waals surface area contributed by atoms with Crippen molar-refractivity contribution < 1.29 is 0 Å². The third kappa shape index (κ3) is 2.36. The Labute approximate surface area is 97.6 Å². The van der Waals surface area contributed by atoms with Gasteiger partial charge in [0.25, 0.3) is 0 Å². The fourth-order valence-electron chi connectivity index (χ4n) is 2.61. The topological polar surface area (TPSA) is 0 Å². The largest absolute Gasteiger partial charge is 0.118 e. The van der Waals surface area contributed by atoms with Crippen LogP contribution >= 0.6 is 11.6 Å². The van der Waals surface area contributed by atoms with Crippen LogP contribution in [-0.4, -0.2) is 4.87 Å². The summed E-state index contributed by atoms with van der Waals surface area (Å²) >= 11 is 6.73. The third-order valence-corrected chi connectivity index (χ3v) is 4.03. The molecule has 1 atom stereocenters. The molecule has 1 radical (unpaired) electrons. The maximum Gasteiger partial charge on any atom is 0.0548 e. The number of halogens is 1. The van der Waals surface area contributed by atoms with Gasteiger partial charge in [0.1, 0.15) is 0 Å². The van der Waals surface area contributed by atoms with E-state index in [1.807, 2.05) is 0 Å². The second kappa shape index (κ2) is 4.57. The van der Waals surface area contributed by atoms with Gasteiger partial charge >= 0.3 is 0 Å². The number of rotatable bonds is 3. The Kier molecular flexibility index (Phi) is 3.35. The zero-order valence-electron chi connectivity index (χ0n) is 9.30. The van der Waals surface area contributed by atoms with Crippen LogP contribution in [0.5, 0.6) is 0 Å². The minimum Gasteiger partial charge on any atom is -0.118 e. The first-order valence-corrected chi connectivity index (χ1v) is 6.20. The zero-order valence-corrected chi connectivity index (χ0v) is 10.1. The zero-order chi connectivity index (χ0) is 10.7. The van der Waals surface area contributed by atoms with E-state index in [1.165, 1.54) is 18.4 Å². The molecule has 81 valence electrons. The lowest BCUT2D eigenvalue weighted by Gasteiger charge is -2.28. The van der Waals surface area contributed by atoms with Gasteiger partial charge in [-0.1, -0.05) is 43.7 Å². The highest BCUT2D eigenvalue weighted by molar-refractivity contribution is 6.25. The predicted molar refractivity (Wildman–Crippen MR) is 66.1 cm³/mol. The van der Waals surface area contributed by atoms with E-state index >= 15 is 0 Å². The maximum atomic E-state index is 6.73. The average molecular weight is 222 g/mol. The molecule has 1 unspecified atom stereocenters. The quantitative estimate of drug-likeness (QED) is 0.665. The number of benzene rings is 1. The molecule has 0 spiro atoms. The molecule has 15 heavy (non-hydrogen) atoms.